The molecule has 0 aromatic carbocycles. The molecule has 4 N–H and O–H groups in total. The number of unbranched alkanes of at least 4 members (excludes halogenated alkanes) is 1. The second-order valence-corrected chi connectivity index (χ2v) is 7.33. The summed E-state index contributed by atoms with van der Waals surface area (Å²) in [5.41, 5.74) is 1.97. The lowest BCUT2D eigenvalue weighted by Crippen LogP contribution is -2.34. The van der Waals surface area contributed by atoms with Gasteiger partial charge in [-0.3, -0.25) is 15.0 Å². The highest BCUT2D eigenvalue weighted by Gasteiger charge is 2.15. The van der Waals surface area contributed by atoms with Gasteiger partial charge in [-0.05, 0) is 19.3 Å². The van der Waals surface area contributed by atoms with Crippen LogP contribution in [0, 0.1) is 0 Å². The lowest BCUT2D eigenvalue weighted by atomic mass is 10.1. The van der Waals surface area contributed by atoms with E-state index in [1.54, 1.807) is 0 Å². The Balaban J connectivity index is 1.86. The van der Waals surface area contributed by atoms with Gasteiger partial charge >= 0.3 is 0 Å². The summed E-state index contributed by atoms with van der Waals surface area (Å²) < 4.78 is 5.02. The predicted molar refractivity (Wildman–Crippen MR) is 83.1 cm³/mol. The van der Waals surface area contributed by atoms with Crippen molar-refractivity contribution in [1.29, 1.82) is 0 Å². The van der Waals surface area contributed by atoms with Crippen LogP contribution >= 0.6 is 21.6 Å². The summed E-state index contributed by atoms with van der Waals surface area (Å²) in [4.78, 5) is 22.3. The Hall–Kier alpha value is -0.440. The van der Waals surface area contributed by atoms with Gasteiger partial charge in [0.2, 0.25) is 5.91 Å². The molecule has 20 heavy (non-hydrogen) atoms. The highest BCUT2D eigenvalue weighted by molar-refractivity contribution is 8.77. The van der Waals surface area contributed by atoms with E-state index in [2.05, 4.69) is 5.32 Å². The lowest BCUT2D eigenvalue weighted by molar-refractivity contribution is -0.125. The van der Waals surface area contributed by atoms with Crippen LogP contribution in [0.25, 0.3) is 0 Å². The summed E-state index contributed by atoms with van der Waals surface area (Å²) in [5, 5.41) is 3.55. The van der Waals surface area contributed by atoms with Crippen molar-refractivity contribution in [3.63, 3.8) is 0 Å². The third-order valence-corrected chi connectivity index (χ3v) is 5.88. The molecule has 1 rings (SSSR count). The number of nitrogens with one attached hydrogen (secondary N) is 2. The third kappa shape index (κ3) is 8.68. The van der Waals surface area contributed by atoms with E-state index in [0.717, 1.165) is 18.1 Å². The molecule has 8 heteroatoms. The summed E-state index contributed by atoms with van der Waals surface area (Å²) >= 11 is 0. The second-order valence-electron chi connectivity index (χ2n) is 4.54. The van der Waals surface area contributed by atoms with Gasteiger partial charge in [0.05, 0.1) is 6.61 Å². The monoisotopic (exact) mass is 321 g/mol. The van der Waals surface area contributed by atoms with E-state index in [9.17, 15) is 9.59 Å². The van der Waals surface area contributed by atoms with Gasteiger partial charge in [0.1, 0.15) is 6.61 Å². The fourth-order valence-corrected chi connectivity index (χ4v) is 4.81. The molecule has 0 aromatic heterocycles. The van der Waals surface area contributed by atoms with Crippen molar-refractivity contribution in [2.75, 3.05) is 25.5 Å². The zero-order valence-corrected chi connectivity index (χ0v) is 13.2. The molecule has 1 aliphatic rings. The molecule has 1 saturated heterocycles. The molecule has 0 bridgehead atoms. The van der Waals surface area contributed by atoms with Crippen molar-refractivity contribution in [1.82, 2.24) is 10.7 Å². The van der Waals surface area contributed by atoms with Gasteiger partial charge in [-0.2, -0.15) is 0 Å². The van der Waals surface area contributed by atoms with Gasteiger partial charge in [0.15, 0.2) is 0 Å². The molecule has 1 fully saturated rings. The summed E-state index contributed by atoms with van der Waals surface area (Å²) in [6.45, 7) is 0.657. The average molecular weight is 321 g/mol. The van der Waals surface area contributed by atoms with Crippen LogP contribution in [-0.2, 0) is 14.3 Å². The summed E-state index contributed by atoms with van der Waals surface area (Å²) in [6.07, 6.45) is 5.12. The van der Waals surface area contributed by atoms with E-state index in [4.69, 9.17) is 10.6 Å². The maximum Gasteiger partial charge on any atom is 0.259 e. The largest absolute Gasteiger partial charge is 0.370 e. The van der Waals surface area contributed by atoms with E-state index in [1.165, 1.54) is 18.6 Å². The van der Waals surface area contributed by atoms with Crippen LogP contribution in [0.2, 0.25) is 0 Å². The minimum absolute atomic E-state index is 0.0466. The molecule has 0 aliphatic carbocycles. The molecule has 0 saturated carbocycles. The topological polar surface area (TPSA) is 93.4 Å². The maximum atomic E-state index is 11.5. The van der Waals surface area contributed by atoms with Crippen molar-refractivity contribution in [2.24, 2.45) is 5.84 Å². The number of hydrazine groups is 1. The van der Waals surface area contributed by atoms with Crippen LogP contribution < -0.4 is 16.6 Å². The molecular weight excluding hydrogens is 298 g/mol. The second kappa shape index (κ2) is 11.2. The highest BCUT2D eigenvalue weighted by Crippen LogP contribution is 2.39. The summed E-state index contributed by atoms with van der Waals surface area (Å²) in [7, 11) is 3.94. The van der Waals surface area contributed by atoms with Crippen LogP contribution in [0.3, 0.4) is 0 Å². The zero-order valence-electron chi connectivity index (χ0n) is 11.6. The molecule has 1 unspecified atom stereocenters. The van der Waals surface area contributed by atoms with E-state index < -0.39 is 0 Å². The quantitative estimate of drug-likeness (QED) is 0.181. The first kappa shape index (κ1) is 17.6. The Labute approximate surface area is 127 Å². The molecule has 0 aromatic rings. The van der Waals surface area contributed by atoms with Gasteiger partial charge < -0.3 is 10.1 Å². The van der Waals surface area contributed by atoms with Gasteiger partial charge in [0.25, 0.3) is 5.91 Å². The number of hydrogen-bond donors (Lipinski definition) is 3. The summed E-state index contributed by atoms with van der Waals surface area (Å²) in [5.74, 6) is 5.83. The average Bonchev–Trinajstić information content (AvgIpc) is 2.96. The summed E-state index contributed by atoms with van der Waals surface area (Å²) in [6, 6.07) is 0. The number of nitrogens with two attached hydrogens (primary N) is 1. The van der Waals surface area contributed by atoms with Crippen molar-refractivity contribution in [2.45, 2.75) is 37.4 Å². The number of rotatable bonds is 10. The van der Waals surface area contributed by atoms with Crippen molar-refractivity contribution in [3.05, 3.63) is 0 Å². The molecule has 2 amide bonds. The molecule has 1 atom stereocenters. The van der Waals surface area contributed by atoms with Crippen LogP contribution in [-0.4, -0.2) is 42.6 Å². The first-order valence-electron chi connectivity index (χ1n) is 6.84. The lowest BCUT2D eigenvalue weighted by Gasteiger charge is -2.08. The zero-order chi connectivity index (χ0) is 14.6. The maximum absolute atomic E-state index is 11.5. The minimum Gasteiger partial charge on any atom is -0.370 e. The van der Waals surface area contributed by atoms with Gasteiger partial charge in [-0.25, -0.2) is 5.84 Å². The standard InChI is InChI=1S/C12H23N3O3S2/c13-15-12(17)9-18-7-6-14-11(16)4-2-1-3-10-5-8-19-20-10/h10H,1-9,13H2,(H,14,16)(H,15,17). The Kier molecular flexibility index (Phi) is 9.90. The minimum atomic E-state index is -0.376. The number of carbonyl (C=O) groups excluding carboxylic acids is 2. The molecular formula is C12H23N3O3S2. The molecule has 1 aliphatic heterocycles. The van der Waals surface area contributed by atoms with Crippen LogP contribution in [0.1, 0.15) is 32.1 Å². The smallest absolute Gasteiger partial charge is 0.259 e. The van der Waals surface area contributed by atoms with E-state index in [1.807, 2.05) is 27.0 Å². The van der Waals surface area contributed by atoms with Crippen molar-refractivity contribution in [3.8, 4) is 0 Å². The van der Waals surface area contributed by atoms with E-state index in [-0.39, 0.29) is 18.4 Å². The van der Waals surface area contributed by atoms with E-state index in [0.29, 0.717) is 19.6 Å². The molecule has 0 radical (unpaired) electrons. The Morgan fingerprint density at radius 2 is 2.15 bits per heavy atom. The normalized spacial score (nSPS) is 17.9. The Bertz CT molecular complexity index is 300. The Morgan fingerprint density at radius 3 is 2.85 bits per heavy atom. The van der Waals surface area contributed by atoms with Gasteiger partial charge in [-0.15, -0.1) is 0 Å². The van der Waals surface area contributed by atoms with Gasteiger partial charge in [-0.1, -0.05) is 28.0 Å². The number of amides is 2. The predicted octanol–water partition coefficient (Wildman–Crippen LogP) is 0.823. The fraction of sp³-hybridized carbons (Fsp3) is 0.833. The fourth-order valence-electron chi connectivity index (χ4n) is 1.78. The molecule has 6 nitrogen and oxygen atoms in total. The molecule has 1 heterocycles. The molecule has 116 valence electrons. The van der Waals surface area contributed by atoms with Gasteiger partial charge in [0, 0.05) is 24.0 Å². The first-order valence-corrected chi connectivity index (χ1v) is 9.22. The van der Waals surface area contributed by atoms with Crippen LogP contribution in [0.5, 0.6) is 0 Å². The Morgan fingerprint density at radius 1 is 1.30 bits per heavy atom. The van der Waals surface area contributed by atoms with E-state index >= 15 is 0 Å². The van der Waals surface area contributed by atoms with Crippen LogP contribution in [0.15, 0.2) is 0 Å². The van der Waals surface area contributed by atoms with Crippen LogP contribution in [0.4, 0.5) is 0 Å². The number of hydrogen-bond acceptors (Lipinski definition) is 6. The third-order valence-electron chi connectivity index (χ3n) is 2.87. The SMILES string of the molecule is NNC(=O)COCCNC(=O)CCCCC1CCSS1. The number of ether oxygens (including phenoxy) is 1. The van der Waals surface area contributed by atoms with Crippen molar-refractivity contribution >= 4 is 33.4 Å². The van der Waals surface area contributed by atoms with Crippen molar-refractivity contribution < 1.29 is 14.3 Å². The first-order chi connectivity index (χ1) is 9.72. The highest BCUT2D eigenvalue weighted by atomic mass is 33.1. The number of carbonyl (C=O) groups is 2. The molecule has 0 spiro atoms.